The Labute approximate surface area is 91.7 Å². The fourth-order valence-electron chi connectivity index (χ4n) is 1.21. The third kappa shape index (κ3) is 1.94. The van der Waals surface area contributed by atoms with E-state index < -0.39 is 0 Å². The van der Waals surface area contributed by atoms with Crippen LogP contribution in [-0.2, 0) is 7.05 Å². The zero-order valence-corrected chi connectivity index (χ0v) is 9.32. The molecule has 78 valence electrons. The molecule has 0 bridgehead atoms. The van der Waals surface area contributed by atoms with Crippen LogP contribution in [0.1, 0.15) is 5.69 Å². The highest BCUT2D eigenvalue weighted by atomic mass is 32.2. The molecule has 2 heterocycles. The van der Waals surface area contributed by atoms with Crippen LogP contribution in [0.2, 0.25) is 0 Å². The Balaban J connectivity index is 2.32. The molecule has 0 saturated carbocycles. The molecule has 0 aromatic carbocycles. The lowest BCUT2D eigenvalue weighted by Gasteiger charge is -2.01. The van der Waals surface area contributed by atoms with Gasteiger partial charge in [-0.1, -0.05) is 0 Å². The number of aromatic nitrogens is 4. The number of anilines is 1. The lowest BCUT2D eigenvalue weighted by molar-refractivity contribution is 0.692. The average Bonchev–Trinajstić information content (AvgIpc) is 2.47. The van der Waals surface area contributed by atoms with Gasteiger partial charge in [-0.2, -0.15) is 5.10 Å². The molecule has 2 N–H and O–H groups in total. The Bertz CT molecular complexity index is 465. The van der Waals surface area contributed by atoms with E-state index in [9.17, 15) is 0 Å². The standard InChI is InChI=1S/C9H11N5S/c1-6-8(10)9(14(2)13-6)15-7-5-11-3-4-12-7/h3-5H,10H2,1-2H3. The van der Waals surface area contributed by atoms with Crippen LogP contribution < -0.4 is 5.73 Å². The monoisotopic (exact) mass is 221 g/mol. The summed E-state index contributed by atoms with van der Waals surface area (Å²) in [5.41, 5.74) is 7.44. The molecule has 6 heteroatoms. The fourth-order valence-corrected chi connectivity index (χ4v) is 2.07. The van der Waals surface area contributed by atoms with Crippen LogP contribution in [0.3, 0.4) is 0 Å². The Morgan fingerprint density at radius 2 is 2.20 bits per heavy atom. The summed E-state index contributed by atoms with van der Waals surface area (Å²) in [7, 11) is 1.86. The molecule has 2 rings (SSSR count). The molecule has 0 unspecified atom stereocenters. The molecular formula is C9H11N5S. The lowest BCUT2D eigenvalue weighted by Crippen LogP contribution is -1.94. The molecule has 0 radical (unpaired) electrons. The summed E-state index contributed by atoms with van der Waals surface area (Å²) in [6, 6.07) is 0. The first-order chi connectivity index (χ1) is 7.18. The van der Waals surface area contributed by atoms with Gasteiger partial charge in [-0.15, -0.1) is 0 Å². The SMILES string of the molecule is Cc1nn(C)c(Sc2cnccn2)c1N. The molecule has 0 atom stereocenters. The van der Waals surface area contributed by atoms with E-state index >= 15 is 0 Å². The second-order valence-electron chi connectivity index (χ2n) is 3.07. The number of nitrogens with zero attached hydrogens (tertiary/aromatic N) is 4. The topological polar surface area (TPSA) is 69.6 Å². The number of hydrogen-bond donors (Lipinski definition) is 1. The second-order valence-corrected chi connectivity index (χ2v) is 4.08. The van der Waals surface area contributed by atoms with Crippen LogP contribution >= 0.6 is 11.8 Å². The van der Waals surface area contributed by atoms with E-state index in [-0.39, 0.29) is 0 Å². The Hall–Kier alpha value is -1.56. The highest BCUT2D eigenvalue weighted by Gasteiger charge is 2.11. The van der Waals surface area contributed by atoms with Crippen molar-refractivity contribution in [3.05, 3.63) is 24.3 Å². The van der Waals surface area contributed by atoms with Crippen molar-refractivity contribution in [2.45, 2.75) is 17.0 Å². The highest BCUT2D eigenvalue weighted by molar-refractivity contribution is 7.99. The van der Waals surface area contributed by atoms with Crippen molar-refractivity contribution < 1.29 is 0 Å². The Kier molecular flexibility index (Phi) is 2.59. The fraction of sp³-hybridized carbons (Fsp3) is 0.222. The summed E-state index contributed by atoms with van der Waals surface area (Å²) >= 11 is 1.46. The van der Waals surface area contributed by atoms with Gasteiger partial charge in [0.05, 0.1) is 17.6 Å². The molecule has 0 aliphatic heterocycles. The van der Waals surface area contributed by atoms with E-state index in [1.807, 2.05) is 14.0 Å². The van der Waals surface area contributed by atoms with Crippen molar-refractivity contribution in [1.29, 1.82) is 0 Å². The first kappa shape index (κ1) is 9.97. The van der Waals surface area contributed by atoms with E-state index in [1.54, 1.807) is 23.3 Å². The van der Waals surface area contributed by atoms with Crippen molar-refractivity contribution in [3.63, 3.8) is 0 Å². The molecule has 0 aliphatic rings. The van der Waals surface area contributed by atoms with Gasteiger partial charge in [-0.05, 0) is 18.7 Å². The van der Waals surface area contributed by atoms with E-state index in [2.05, 4.69) is 15.1 Å². The smallest absolute Gasteiger partial charge is 0.123 e. The summed E-state index contributed by atoms with van der Waals surface area (Å²) in [6.07, 6.45) is 5.00. The average molecular weight is 221 g/mol. The van der Waals surface area contributed by atoms with Crippen molar-refractivity contribution in [2.75, 3.05) is 5.73 Å². The quantitative estimate of drug-likeness (QED) is 0.826. The zero-order chi connectivity index (χ0) is 10.8. The first-order valence-corrected chi connectivity index (χ1v) is 5.23. The molecule has 5 nitrogen and oxygen atoms in total. The van der Waals surface area contributed by atoms with Crippen LogP contribution in [0.4, 0.5) is 5.69 Å². The third-order valence-electron chi connectivity index (χ3n) is 1.95. The Morgan fingerprint density at radius 1 is 1.40 bits per heavy atom. The first-order valence-electron chi connectivity index (χ1n) is 4.41. The van der Waals surface area contributed by atoms with E-state index in [0.717, 1.165) is 15.7 Å². The Morgan fingerprint density at radius 3 is 2.73 bits per heavy atom. The molecule has 15 heavy (non-hydrogen) atoms. The maximum atomic E-state index is 5.90. The molecule has 0 amide bonds. The van der Waals surface area contributed by atoms with Crippen LogP contribution in [-0.4, -0.2) is 19.7 Å². The van der Waals surface area contributed by atoms with Crippen LogP contribution in [0.15, 0.2) is 28.6 Å². The van der Waals surface area contributed by atoms with E-state index in [0.29, 0.717) is 5.69 Å². The summed E-state index contributed by atoms with van der Waals surface area (Å²) in [6.45, 7) is 1.88. The highest BCUT2D eigenvalue weighted by Crippen LogP contribution is 2.31. The van der Waals surface area contributed by atoms with Crippen molar-refractivity contribution in [3.8, 4) is 0 Å². The number of aryl methyl sites for hydroxylation is 2. The van der Waals surface area contributed by atoms with Gasteiger partial charge in [0, 0.05) is 19.4 Å². The third-order valence-corrected chi connectivity index (χ3v) is 3.05. The maximum Gasteiger partial charge on any atom is 0.123 e. The molecular weight excluding hydrogens is 210 g/mol. The molecule has 2 aromatic rings. The van der Waals surface area contributed by atoms with Gasteiger partial charge in [0.2, 0.25) is 0 Å². The zero-order valence-electron chi connectivity index (χ0n) is 8.51. The van der Waals surface area contributed by atoms with Crippen molar-refractivity contribution in [1.82, 2.24) is 19.7 Å². The van der Waals surface area contributed by atoms with E-state index in [1.165, 1.54) is 11.8 Å². The molecule has 2 aromatic heterocycles. The second kappa shape index (κ2) is 3.90. The molecule has 0 aliphatic carbocycles. The summed E-state index contributed by atoms with van der Waals surface area (Å²) in [5.74, 6) is 0. The van der Waals surface area contributed by atoms with Crippen molar-refractivity contribution >= 4 is 17.4 Å². The number of nitrogens with two attached hydrogens (primary N) is 1. The number of hydrogen-bond acceptors (Lipinski definition) is 5. The van der Waals surface area contributed by atoms with Gasteiger partial charge >= 0.3 is 0 Å². The molecule has 0 spiro atoms. The summed E-state index contributed by atoms with van der Waals surface area (Å²) in [4.78, 5) is 8.16. The number of rotatable bonds is 2. The number of nitrogen functional groups attached to an aromatic ring is 1. The van der Waals surface area contributed by atoms with Gasteiger partial charge in [0.15, 0.2) is 0 Å². The van der Waals surface area contributed by atoms with Crippen molar-refractivity contribution in [2.24, 2.45) is 7.05 Å². The minimum atomic E-state index is 0.702. The molecule has 0 fully saturated rings. The molecule has 0 saturated heterocycles. The summed E-state index contributed by atoms with van der Waals surface area (Å²) < 4.78 is 1.75. The van der Waals surface area contributed by atoms with Crippen LogP contribution in [0.5, 0.6) is 0 Å². The van der Waals surface area contributed by atoms with Gasteiger partial charge in [-0.25, -0.2) is 4.98 Å². The lowest BCUT2D eigenvalue weighted by atomic mass is 10.4. The van der Waals surface area contributed by atoms with Gasteiger partial charge in [0.25, 0.3) is 0 Å². The van der Waals surface area contributed by atoms with Gasteiger partial charge in [0.1, 0.15) is 10.1 Å². The largest absolute Gasteiger partial charge is 0.395 e. The minimum absolute atomic E-state index is 0.702. The van der Waals surface area contributed by atoms with Gasteiger partial charge < -0.3 is 5.73 Å². The van der Waals surface area contributed by atoms with Crippen LogP contribution in [0, 0.1) is 6.92 Å². The maximum absolute atomic E-state index is 5.90. The van der Waals surface area contributed by atoms with Gasteiger partial charge in [-0.3, -0.25) is 9.67 Å². The van der Waals surface area contributed by atoms with E-state index in [4.69, 9.17) is 5.73 Å². The van der Waals surface area contributed by atoms with Crippen LogP contribution in [0.25, 0.3) is 0 Å². The predicted octanol–water partition coefficient (Wildman–Crippen LogP) is 1.25. The minimum Gasteiger partial charge on any atom is -0.395 e. The normalized spacial score (nSPS) is 10.5. The predicted molar refractivity (Wildman–Crippen MR) is 58.5 cm³/mol. The summed E-state index contributed by atoms with van der Waals surface area (Å²) in [5, 5.41) is 5.94.